The average molecular weight is 381 g/mol. The van der Waals surface area contributed by atoms with Gasteiger partial charge in [0.05, 0.1) is 5.69 Å². The Morgan fingerprint density at radius 1 is 1.11 bits per heavy atom. The van der Waals surface area contributed by atoms with Crippen molar-refractivity contribution >= 4 is 29.1 Å². The molecule has 3 aliphatic rings. The number of aromatic nitrogens is 1. The number of nitrogens with zero attached hydrogens (tertiary/aromatic N) is 2. The number of piperidine rings is 1. The molecule has 1 N–H and O–H groups in total. The summed E-state index contributed by atoms with van der Waals surface area (Å²) >= 11 is 1.73. The molecule has 1 aliphatic carbocycles. The number of carbonyl (C=O) groups excluding carboxylic acids is 3. The molecule has 0 spiro atoms. The Morgan fingerprint density at radius 3 is 2.78 bits per heavy atom. The Morgan fingerprint density at radius 2 is 1.96 bits per heavy atom. The number of hydrogen-bond acceptors (Lipinski definition) is 5. The second-order valence-corrected chi connectivity index (χ2v) is 8.45. The summed E-state index contributed by atoms with van der Waals surface area (Å²) in [5.41, 5.74) is 3.74. The molecule has 1 aromatic heterocycles. The molecule has 7 heteroatoms. The molecule has 3 heterocycles. The van der Waals surface area contributed by atoms with E-state index in [1.165, 1.54) is 23.4 Å². The van der Waals surface area contributed by atoms with Gasteiger partial charge in [-0.15, -0.1) is 11.3 Å². The lowest BCUT2D eigenvalue weighted by molar-refractivity contribution is -0.136. The van der Waals surface area contributed by atoms with Crippen LogP contribution in [-0.4, -0.2) is 33.6 Å². The summed E-state index contributed by atoms with van der Waals surface area (Å²) in [4.78, 5) is 44.2. The van der Waals surface area contributed by atoms with Crippen molar-refractivity contribution in [2.45, 2.75) is 51.1 Å². The third-order valence-electron chi connectivity index (χ3n) is 5.62. The topological polar surface area (TPSA) is 79.4 Å². The minimum atomic E-state index is -0.571. The molecule has 1 unspecified atom stereocenters. The van der Waals surface area contributed by atoms with Crippen LogP contribution >= 0.6 is 11.3 Å². The van der Waals surface area contributed by atoms with E-state index < -0.39 is 6.04 Å². The van der Waals surface area contributed by atoms with Crippen molar-refractivity contribution in [1.82, 2.24) is 15.2 Å². The maximum absolute atomic E-state index is 12.9. The minimum Gasteiger partial charge on any atom is -0.322 e. The highest BCUT2D eigenvalue weighted by Crippen LogP contribution is 2.35. The lowest BCUT2D eigenvalue weighted by atomic mass is 10.0. The molecule has 1 aromatic carbocycles. The lowest BCUT2D eigenvalue weighted by Crippen LogP contribution is -2.52. The van der Waals surface area contributed by atoms with Gasteiger partial charge in [0.1, 0.15) is 11.0 Å². The van der Waals surface area contributed by atoms with E-state index in [1.807, 2.05) is 18.2 Å². The highest BCUT2D eigenvalue weighted by atomic mass is 32.1. The molecule has 0 radical (unpaired) electrons. The average Bonchev–Trinajstić information content (AvgIpc) is 3.23. The van der Waals surface area contributed by atoms with Crippen LogP contribution in [-0.2, 0) is 29.0 Å². The van der Waals surface area contributed by atoms with Gasteiger partial charge in [-0.05, 0) is 43.7 Å². The van der Waals surface area contributed by atoms with Crippen molar-refractivity contribution in [3.05, 3.63) is 39.9 Å². The fourth-order valence-corrected chi connectivity index (χ4v) is 5.31. The van der Waals surface area contributed by atoms with Crippen LogP contribution in [0.15, 0.2) is 18.2 Å². The second kappa shape index (κ2) is 6.27. The van der Waals surface area contributed by atoms with Crippen molar-refractivity contribution in [3.63, 3.8) is 0 Å². The van der Waals surface area contributed by atoms with Crippen molar-refractivity contribution in [3.8, 4) is 10.6 Å². The molecular formula is C20H19N3O3S. The van der Waals surface area contributed by atoms with Crippen LogP contribution in [0.2, 0.25) is 0 Å². The Kier molecular flexibility index (Phi) is 3.86. The van der Waals surface area contributed by atoms with E-state index >= 15 is 0 Å². The van der Waals surface area contributed by atoms with Crippen LogP contribution in [0.4, 0.5) is 0 Å². The van der Waals surface area contributed by atoms with E-state index in [-0.39, 0.29) is 24.1 Å². The zero-order valence-electron chi connectivity index (χ0n) is 14.8. The van der Waals surface area contributed by atoms with Crippen molar-refractivity contribution in [1.29, 1.82) is 0 Å². The molecule has 5 rings (SSSR count). The van der Waals surface area contributed by atoms with E-state index in [2.05, 4.69) is 5.32 Å². The fourth-order valence-electron chi connectivity index (χ4n) is 4.16. The number of thiazole rings is 1. The number of nitrogens with one attached hydrogen (secondary N) is 1. The highest BCUT2D eigenvalue weighted by molar-refractivity contribution is 7.15. The molecule has 0 bridgehead atoms. The Balaban J connectivity index is 1.43. The van der Waals surface area contributed by atoms with Gasteiger partial charge < -0.3 is 4.90 Å². The molecule has 2 aromatic rings. The van der Waals surface area contributed by atoms with Crippen LogP contribution < -0.4 is 5.32 Å². The van der Waals surface area contributed by atoms with E-state index in [0.717, 1.165) is 29.0 Å². The molecule has 1 atom stereocenters. The van der Waals surface area contributed by atoms with Gasteiger partial charge in [-0.25, -0.2) is 4.98 Å². The molecule has 138 valence electrons. The highest BCUT2D eigenvalue weighted by Gasteiger charge is 2.39. The SMILES string of the molecule is O=C1CCC(N2Cc3ccc(-c4nc5c(s4)CCCC5)cc3C2=O)C(=O)N1. The van der Waals surface area contributed by atoms with Gasteiger partial charge in [0.2, 0.25) is 11.8 Å². The fraction of sp³-hybridized carbons (Fsp3) is 0.400. The normalized spacial score (nSPS) is 21.9. The van der Waals surface area contributed by atoms with Gasteiger partial charge >= 0.3 is 0 Å². The number of carbonyl (C=O) groups is 3. The van der Waals surface area contributed by atoms with E-state index in [9.17, 15) is 14.4 Å². The molecule has 3 amide bonds. The maximum Gasteiger partial charge on any atom is 0.255 e. The zero-order chi connectivity index (χ0) is 18.5. The Hall–Kier alpha value is -2.54. The quantitative estimate of drug-likeness (QED) is 0.811. The van der Waals surface area contributed by atoms with E-state index in [4.69, 9.17) is 4.98 Å². The number of benzene rings is 1. The predicted octanol–water partition coefficient (Wildman–Crippen LogP) is 2.45. The van der Waals surface area contributed by atoms with Gasteiger partial charge in [-0.3, -0.25) is 19.7 Å². The first-order chi connectivity index (χ1) is 13.1. The molecule has 1 fully saturated rings. The van der Waals surface area contributed by atoms with E-state index in [1.54, 1.807) is 16.2 Å². The monoisotopic (exact) mass is 381 g/mol. The number of hydrogen-bond donors (Lipinski definition) is 1. The number of imide groups is 1. The molecule has 27 heavy (non-hydrogen) atoms. The van der Waals surface area contributed by atoms with Gasteiger partial charge in [0.25, 0.3) is 5.91 Å². The molecule has 0 saturated carbocycles. The predicted molar refractivity (Wildman–Crippen MR) is 100 cm³/mol. The third kappa shape index (κ3) is 2.77. The number of rotatable bonds is 2. The van der Waals surface area contributed by atoms with Crippen molar-refractivity contribution in [2.75, 3.05) is 0 Å². The summed E-state index contributed by atoms with van der Waals surface area (Å²) in [7, 11) is 0. The first-order valence-corrected chi connectivity index (χ1v) is 10.2. The molecule has 6 nitrogen and oxygen atoms in total. The van der Waals surface area contributed by atoms with Crippen LogP contribution in [0.1, 0.15) is 52.2 Å². The smallest absolute Gasteiger partial charge is 0.255 e. The zero-order valence-corrected chi connectivity index (χ0v) is 15.6. The van der Waals surface area contributed by atoms with Crippen LogP contribution in [0.3, 0.4) is 0 Å². The maximum atomic E-state index is 12.9. The standard InChI is InChI=1S/C20H19N3O3S/c24-17-8-7-15(18(25)22-17)23-10-12-6-5-11(9-13(12)20(23)26)19-21-14-3-1-2-4-16(14)27-19/h5-6,9,15H,1-4,7-8,10H2,(H,22,24,25). The molecule has 2 aliphatic heterocycles. The van der Waals surface area contributed by atoms with Crippen LogP contribution in [0.25, 0.3) is 10.6 Å². The lowest BCUT2D eigenvalue weighted by Gasteiger charge is -2.29. The van der Waals surface area contributed by atoms with E-state index in [0.29, 0.717) is 18.5 Å². The van der Waals surface area contributed by atoms with Crippen LogP contribution in [0, 0.1) is 0 Å². The summed E-state index contributed by atoms with van der Waals surface area (Å²) in [5.74, 6) is -0.779. The second-order valence-electron chi connectivity index (χ2n) is 7.37. The molecule has 1 saturated heterocycles. The van der Waals surface area contributed by atoms with Gasteiger partial charge in [-0.1, -0.05) is 12.1 Å². The van der Waals surface area contributed by atoms with Crippen molar-refractivity contribution in [2.24, 2.45) is 0 Å². The number of fused-ring (bicyclic) bond motifs is 2. The molecular weight excluding hydrogens is 362 g/mol. The van der Waals surface area contributed by atoms with Crippen LogP contribution in [0.5, 0.6) is 0 Å². The van der Waals surface area contributed by atoms with Gasteiger partial charge in [0.15, 0.2) is 0 Å². The van der Waals surface area contributed by atoms with Gasteiger partial charge in [-0.2, -0.15) is 0 Å². The largest absolute Gasteiger partial charge is 0.322 e. The summed E-state index contributed by atoms with van der Waals surface area (Å²) in [5, 5.41) is 3.31. The summed E-state index contributed by atoms with van der Waals surface area (Å²) in [6.45, 7) is 0.412. The van der Waals surface area contributed by atoms with Gasteiger partial charge in [0, 0.05) is 29.0 Å². The first kappa shape index (κ1) is 16.6. The Labute approximate surface area is 160 Å². The minimum absolute atomic E-state index is 0.136. The number of aryl methyl sites for hydroxylation is 2. The first-order valence-electron chi connectivity index (χ1n) is 9.37. The summed E-state index contributed by atoms with van der Waals surface area (Å²) in [6, 6.07) is 5.32. The van der Waals surface area contributed by atoms with Crippen molar-refractivity contribution < 1.29 is 14.4 Å². The third-order valence-corrected chi connectivity index (χ3v) is 6.83. The summed E-state index contributed by atoms with van der Waals surface area (Å²) < 4.78 is 0. The number of amides is 3. The summed E-state index contributed by atoms with van der Waals surface area (Å²) in [6.07, 6.45) is 5.21. The Bertz CT molecular complexity index is 957.